The molecule has 0 unspecified atom stereocenters. The van der Waals surface area contributed by atoms with Crippen molar-refractivity contribution in [1.82, 2.24) is 30.0 Å². The molecule has 9 nitrogen and oxygen atoms in total. The van der Waals surface area contributed by atoms with Gasteiger partial charge in [-0.3, -0.25) is 15.2 Å². The molecule has 0 atom stereocenters. The van der Waals surface area contributed by atoms with Crippen molar-refractivity contribution in [1.29, 1.82) is 0 Å². The number of aromatic amines is 1. The van der Waals surface area contributed by atoms with E-state index in [0.29, 0.717) is 5.56 Å². The largest absolute Gasteiger partial charge is 0.354 e. The van der Waals surface area contributed by atoms with Crippen LogP contribution in [0.1, 0.15) is 10.4 Å². The molecule has 0 bridgehead atoms. The molecule has 4 aromatic rings. The van der Waals surface area contributed by atoms with Crippen LogP contribution in [0.25, 0.3) is 22.0 Å². The zero-order valence-electron chi connectivity index (χ0n) is 17.1. The lowest BCUT2D eigenvalue weighted by atomic mass is 10.1. The Balaban J connectivity index is 1.35. The fraction of sp³-hybridized carbons (Fsp3) is 0.227. The lowest BCUT2D eigenvalue weighted by Crippen LogP contribution is -2.44. The number of hydrogen-bond donors (Lipinski definition) is 2. The lowest BCUT2D eigenvalue weighted by molar-refractivity contribution is 0.102. The molecule has 9 heteroatoms. The number of amides is 1. The van der Waals surface area contributed by atoms with E-state index in [4.69, 9.17) is 0 Å². The van der Waals surface area contributed by atoms with Gasteiger partial charge < -0.3 is 9.80 Å². The van der Waals surface area contributed by atoms with E-state index >= 15 is 0 Å². The number of H-pyrrole nitrogens is 1. The van der Waals surface area contributed by atoms with Crippen LogP contribution < -0.4 is 10.2 Å². The van der Waals surface area contributed by atoms with Crippen LogP contribution in [0.5, 0.6) is 0 Å². The standard InChI is InChI=1S/C22H22N8O/c1-29-6-8-30(9-7-29)20-11-16(4-5-23-20)21(31)28-22-24-12-17-3-2-15(10-19(17)27-22)18-13-25-26-14-18/h2-5,10-14H,6-9H2,1H3,(H,25,26)(H,24,27,28,31). The highest BCUT2D eigenvalue weighted by molar-refractivity contribution is 6.04. The second-order valence-electron chi connectivity index (χ2n) is 7.60. The van der Waals surface area contributed by atoms with Gasteiger partial charge in [-0.2, -0.15) is 5.10 Å². The van der Waals surface area contributed by atoms with Gasteiger partial charge in [-0.05, 0) is 30.8 Å². The fourth-order valence-corrected chi connectivity index (χ4v) is 3.61. The second kappa shape index (κ2) is 8.11. The SMILES string of the molecule is CN1CCN(c2cc(C(=O)Nc3ncc4ccc(-c5cn[nH]c5)cc4n3)ccn2)CC1. The van der Waals surface area contributed by atoms with Gasteiger partial charge in [0.25, 0.3) is 5.91 Å². The molecule has 31 heavy (non-hydrogen) atoms. The van der Waals surface area contributed by atoms with Crippen molar-refractivity contribution in [2.45, 2.75) is 0 Å². The number of likely N-dealkylation sites (N-methyl/N-ethyl adjacent to an activating group) is 1. The summed E-state index contributed by atoms with van der Waals surface area (Å²) in [6.07, 6.45) is 6.96. The molecule has 1 aliphatic heterocycles. The Bertz CT molecular complexity index is 1220. The molecule has 0 spiro atoms. The van der Waals surface area contributed by atoms with Gasteiger partial charge in [0.15, 0.2) is 0 Å². The molecule has 1 fully saturated rings. The van der Waals surface area contributed by atoms with E-state index in [9.17, 15) is 4.79 Å². The van der Waals surface area contributed by atoms with Crippen molar-refractivity contribution >= 4 is 28.6 Å². The minimum Gasteiger partial charge on any atom is -0.354 e. The third-order valence-electron chi connectivity index (χ3n) is 5.47. The van der Waals surface area contributed by atoms with Crippen LogP contribution in [-0.2, 0) is 0 Å². The van der Waals surface area contributed by atoms with Crippen molar-refractivity contribution in [2.75, 3.05) is 43.4 Å². The van der Waals surface area contributed by atoms with E-state index in [1.165, 1.54) is 0 Å². The Labute approximate surface area is 179 Å². The fourth-order valence-electron chi connectivity index (χ4n) is 3.61. The quantitative estimate of drug-likeness (QED) is 0.529. The molecule has 156 valence electrons. The predicted molar refractivity (Wildman–Crippen MR) is 119 cm³/mol. The summed E-state index contributed by atoms with van der Waals surface area (Å²) in [5.74, 6) is 0.813. The average Bonchev–Trinajstić information content (AvgIpc) is 3.34. The highest BCUT2D eigenvalue weighted by Crippen LogP contribution is 2.23. The first-order valence-corrected chi connectivity index (χ1v) is 10.1. The zero-order chi connectivity index (χ0) is 21.2. The number of aromatic nitrogens is 5. The second-order valence-corrected chi connectivity index (χ2v) is 7.60. The summed E-state index contributed by atoms with van der Waals surface area (Å²) in [5, 5.41) is 10.5. The summed E-state index contributed by atoms with van der Waals surface area (Å²) >= 11 is 0. The number of anilines is 2. The molecule has 0 aliphatic carbocycles. The van der Waals surface area contributed by atoms with Crippen LogP contribution >= 0.6 is 0 Å². The van der Waals surface area contributed by atoms with E-state index in [1.807, 2.05) is 30.5 Å². The maximum atomic E-state index is 12.8. The van der Waals surface area contributed by atoms with Gasteiger partial charge in [0.1, 0.15) is 5.82 Å². The number of piperazine rings is 1. The molecule has 0 saturated carbocycles. The summed E-state index contributed by atoms with van der Waals surface area (Å²) in [5.41, 5.74) is 3.24. The van der Waals surface area contributed by atoms with E-state index in [0.717, 1.165) is 54.0 Å². The van der Waals surface area contributed by atoms with E-state index in [2.05, 4.69) is 47.3 Å². The third kappa shape index (κ3) is 4.08. The van der Waals surface area contributed by atoms with Gasteiger partial charge in [0.05, 0.1) is 11.7 Å². The van der Waals surface area contributed by atoms with Gasteiger partial charge >= 0.3 is 0 Å². The number of rotatable bonds is 4. The van der Waals surface area contributed by atoms with E-state index in [-0.39, 0.29) is 11.9 Å². The summed E-state index contributed by atoms with van der Waals surface area (Å²) in [7, 11) is 2.11. The summed E-state index contributed by atoms with van der Waals surface area (Å²) in [6, 6.07) is 9.42. The third-order valence-corrected chi connectivity index (χ3v) is 5.47. The van der Waals surface area contributed by atoms with Gasteiger partial charge in [0.2, 0.25) is 5.95 Å². The molecule has 5 rings (SSSR count). The number of benzene rings is 1. The summed E-state index contributed by atoms with van der Waals surface area (Å²) < 4.78 is 0. The molecule has 1 amide bonds. The Morgan fingerprint density at radius 3 is 2.71 bits per heavy atom. The van der Waals surface area contributed by atoms with Crippen LogP contribution in [0, 0.1) is 0 Å². The van der Waals surface area contributed by atoms with Crippen molar-refractivity contribution < 1.29 is 4.79 Å². The maximum absolute atomic E-state index is 12.8. The highest BCUT2D eigenvalue weighted by atomic mass is 16.1. The van der Waals surface area contributed by atoms with E-state index < -0.39 is 0 Å². The summed E-state index contributed by atoms with van der Waals surface area (Å²) in [4.78, 5) is 30.6. The molecule has 1 aromatic carbocycles. The van der Waals surface area contributed by atoms with Gasteiger partial charge in [-0.25, -0.2) is 15.0 Å². The van der Waals surface area contributed by atoms with Gasteiger partial charge in [0, 0.05) is 61.3 Å². The molecular weight excluding hydrogens is 392 g/mol. The molecule has 0 radical (unpaired) electrons. The Morgan fingerprint density at radius 1 is 1.03 bits per heavy atom. The van der Waals surface area contributed by atoms with Crippen LogP contribution in [0.15, 0.2) is 55.1 Å². The van der Waals surface area contributed by atoms with Crippen LogP contribution in [0.3, 0.4) is 0 Å². The Morgan fingerprint density at radius 2 is 1.90 bits per heavy atom. The normalized spacial score (nSPS) is 14.7. The van der Waals surface area contributed by atoms with Crippen LogP contribution in [0.2, 0.25) is 0 Å². The smallest absolute Gasteiger partial charge is 0.258 e. The predicted octanol–water partition coefficient (Wildman–Crippen LogP) is 2.42. The highest BCUT2D eigenvalue weighted by Gasteiger charge is 2.17. The van der Waals surface area contributed by atoms with Gasteiger partial charge in [-0.1, -0.05) is 12.1 Å². The topological polar surface area (TPSA) is 103 Å². The molecule has 1 saturated heterocycles. The van der Waals surface area contributed by atoms with Crippen LogP contribution in [-0.4, -0.2) is 69.2 Å². The number of nitrogens with zero attached hydrogens (tertiary/aromatic N) is 6. The number of pyridine rings is 1. The van der Waals surface area contributed by atoms with Crippen LogP contribution in [0.4, 0.5) is 11.8 Å². The van der Waals surface area contributed by atoms with Crippen molar-refractivity contribution in [3.63, 3.8) is 0 Å². The molecule has 2 N–H and O–H groups in total. The molecular formula is C22H22N8O. The number of carbonyl (C=O) groups is 1. The monoisotopic (exact) mass is 414 g/mol. The number of carbonyl (C=O) groups excluding carboxylic acids is 1. The zero-order valence-corrected chi connectivity index (χ0v) is 17.1. The Kier molecular flexibility index (Phi) is 5.01. The van der Waals surface area contributed by atoms with Crippen molar-refractivity contribution in [3.8, 4) is 11.1 Å². The number of nitrogens with one attached hydrogen (secondary N) is 2. The minimum atomic E-state index is -0.261. The average molecular weight is 414 g/mol. The van der Waals surface area contributed by atoms with E-state index in [1.54, 1.807) is 24.7 Å². The molecule has 3 aromatic heterocycles. The first-order chi connectivity index (χ1) is 15.2. The molecule has 1 aliphatic rings. The van der Waals surface area contributed by atoms with Crippen molar-refractivity contribution in [3.05, 3.63) is 60.7 Å². The first kappa shape index (κ1) is 19.1. The summed E-state index contributed by atoms with van der Waals surface area (Å²) in [6.45, 7) is 3.73. The van der Waals surface area contributed by atoms with Crippen molar-refractivity contribution in [2.24, 2.45) is 0 Å². The Hall–Kier alpha value is -3.85. The minimum absolute atomic E-state index is 0.261. The first-order valence-electron chi connectivity index (χ1n) is 10.1. The lowest BCUT2D eigenvalue weighted by Gasteiger charge is -2.33. The van der Waals surface area contributed by atoms with Gasteiger partial charge in [-0.15, -0.1) is 0 Å². The molecule has 4 heterocycles. The number of hydrogen-bond acceptors (Lipinski definition) is 7. The number of fused-ring (bicyclic) bond motifs is 1. The maximum Gasteiger partial charge on any atom is 0.258 e.